The van der Waals surface area contributed by atoms with Crippen molar-refractivity contribution in [3.05, 3.63) is 71.7 Å². The Kier molecular flexibility index (Phi) is 4.24. The van der Waals surface area contributed by atoms with Gasteiger partial charge in [0.2, 0.25) is 5.69 Å². The molecular formula is C17H14FN3O3. The fourth-order valence-corrected chi connectivity index (χ4v) is 2.31. The zero-order valence-electron chi connectivity index (χ0n) is 12.8. The molecule has 1 amide bonds. The van der Waals surface area contributed by atoms with Crippen molar-refractivity contribution < 1.29 is 23.5 Å². The van der Waals surface area contributed by atoms with Gasteiger partial charge in [-0.1, -0.05) is 30.3 Å². The van der Waals surface area contributed by atoms with Crippen molar-refractivity contribution in [2.45, 2.75) is 6.54 Å². The Labute approximate surface area is 137 Å². The van der Waals surface area contributed by atoms with Crippen molar-refractivity contribution in [2.24, 2.45) is 0 Å². The molecule has 1 heterocycles. The summed E-state index contributed by atoms with van der Waals surface area (Å²) in [5.74, 6) is -1.79. The summed E-state index contributed by atoms with van der Waals surface area (Å²) in [6.45, 7) is -0.0651. The van der Waals surface area contributed by atoms with E-state index in [-0.39, 0.29) is 17.8 Å². The van der Waals surface area contributed by atoms with Crippen LogP contribution in [0.2, 0.25) is 0 Å². The fourth-order valence-electron chi connectivity index (χ4n) is 2.31. The first-order valence-electron chi connectivity index (χ1n) is 7.21. The monoisotopic (exact) mass is 327 g/mol. The molecule has 0 aliphatic heterocycles. The molecule has 0 radical (unpaired) electrons. The van der Waals surface area contributed by atoms with Crippen LogP contribution in [-0.2, 0) is 6.54 Å². The van der Waals surface area contributed by atoms with Crippen LogP contribution in [0, 0.1) is 5.82 Å². The van der Waals surface area contributed by atoms with Crippen molar-refractivity contribution in [3.63, 3.8) is 0 Å². The maximum absolute atomic E-state index is 13.8. The Morgan fingerprint density at radius 2 is 1.88 bits per heavy atom. The fraction of sp³-hybridized carbons (Fsp3) is 0.118. The molecule has 24 heavy (non-hydrogen) atoms. The number of para-hydroxylation sites is 1. The molecule has 0 atom stereocenters. The first-order chi connectivity index (χ1) is 11.6. The van der Waals surface area contributed by atoms with E-state index in [9.17, 15) is 14.3 Å². The van der Waals surface area contributed by atoms with E-state index in [0.29, 0.717) is 5.69 Å². The van der Waals surface area contributed by atoms with Crippen LogP contribution < -0.4 is 9.79 Å². The third-order valence-electron chi connectivity index (χ3n) is 3.54. The maximum Gasteiger partial charge on any atom is 0.259 e. The van der Waals surface area contributed by atoms with Crippen LogP contribution in [0.25, 0.3) is 5.69 Å². The zero-order chi connectivity index (χ0) is 17.1. The summed E-state index contributed by atoms with van der Waals surface area (Å²) in [4.78, 5) is 13.6. The first kappa shape index (κ1) is 15.7. The van der Waals surface area contributed by atoms with E-state index in [2.05, 4.69) is 5.27 Å². The Balaban J connectivity index is 1.88. The highest BCUT2D eigenvalue weighted by Crippen LogP contribution is 2.15. The van der Waals surface area contributed by atoms with Crippen molar-refractivity contribution in [1.29, 1.82) is 0 Å². The van der Waals surface area contributed by atoms with Gasteiger partial charge in [0.15, 0.2) is 5.95 Å². The largest absolute Gasteiger partial charge is 0.539 e. The summed E-state index contributed by atoms with van der Waals surface area (Å²) in [6, 6.07) is 14.6. The SMILES string of the molecule is CN(Cc1c([O-])on[n+]1-c1ccccc1)C(=O)c1ccccc1F. The topological polar surface area (TPSA) is 73.3 Å². The number of nitrogens with zero attached hydrogens (tertiary/aromatic N) is 3. The van der Waals surface area contributed by atoms with Gasteiger partial charge in [-0.25, -0.2) is 4.39 Å². The van der Waals surface area contributed by atoms with Crippen molar-refractivity contribution in [1.82, 2.24) is 10.2 Å². The second-order valence-electron chi connectivity index (χ2n) is 5.20. The molecule has 0 fully saturated rings. The third kappa shape index (κ3) is 2.96. The predicted molar refractivity (Wildman–Crippen MR) is 79.7 cm³/mol. The third-order valence-corrected chi connectivity index (χ3v) is 3.54. The lowest BCUT2D eigenvalue weighted by atomic mass is 10.2. The lowest BCUT2D eigenvalue weighted by Crippen LogP contribution is -2.40. The molecule has 0 aliphatic carbocycles. The van der Waals surface area contributed by atoms with E-state index in [4.69, 9.17) is 4.52 Å². The summed E-state index contributed by atoms with van der Waals surface area (Å²) in [5.41, 5.74) is 0.744. The molecule has 0 saturated carbocycles. The Morgan fingerprint density at radius 3 is 2.58 bits per heavy atom. The first-order valence-corrected chi connectivity index (χ1v) is 7.21. The lowest BCUT2D eigenvalue weighted by Gasteiger charge is -2.15. The average Bonchev–Trinajstić information content (AvgIpc) is 2.96. The molecule has 0 N–H and O–H groups in total. The van der Waals surface area contributed by atoms with Crippen LogP contribution in [0.4, 0.5) is 4.39 Å². The van der Waals surface area contributed by atoms with Crippen molar-refractivity contribution >= 4 is 5.91 Å². The van der Waals surface area contributed by atoms with Gasteiger partial charge in [-0.15, -0.1) is 0 Å². The molecule has 3 aromatic rings. The maximum atomic E-state index is 13.8. The number of hydrogen-bond acceptors (Lipinski definition) is 4. The smallest absolute Gasteiger partial charge is 0.259 e. The molecule has 0 unspecified atom stereocenters. The predicted octanol–water partition coefficient (Wildman–Crippen LogP) is 1.44. The van der Waals surface area contributed by atoms with Gasteiger partial charge in [0, 0.05) is 19.2 Å². The van der Waals surface area contributed by atoms with E-state index >= 15 is 0 Å². The number of carbonyl (C=O) groups is 1. The van der Waals surface area contributed by atoms with E-state index in [1.807, 2.05) is 6.07 Å². The minimum absolute atomic E-state index is 0.0600. The summed E-state index contributed by atoms with van der Waals surface area (Å²) in [5, 5.41) is 15.6. The van der Waals surface area contributed by atoms with Gasteiger partial charge in [0.05, 0.1) is 10.8 Å². The second kappa shape index (κ2) is 6.49. The van der Waals surface area contributed by atoms with Gasteiger partial charge in [-0.3, -0.25) is 4.79 Å². The summed E-state index contributed by atoms with van der Waals surface area (Å²) in [6.07, 6.45) is 0. The molecule has 1 aromatic heterocycles. The van der Waals surface area contributed by atoms with Gasteiger partial charge in [0.1, 0.15) is 12.4 Å². The number of rotatable bonds is 4. The van der Waals surface area contributed by atoms with E-state index in [1.54, 1.807) is 30.3 Å². The summed E-state index contributed by atoms with van der Waals surface area (Å²) < 4.78 is 19.8. The Morgan fingerprint density at radius 1 is 1.21 bits per heavy atom. The van der Waals surface area contributed by atoms with Gasteiger partial charge in [-0.2, -0.15) is 0 Å². The molecule has 122 valence electrons. The molecule has 3 rings (SSSR count). The Hall–Kier alpha value is -3.22. The van der Waals surface area contributed by atoms with Gasteiger partial charge < -0.3 is 14.5 Å². The van der Waals surface area contributed by atoms with Crippen LogP contribution in [0.3, 0.4) is 0 Å². The lowest BCUT2D eigenvalue weighted by molar-refractivity contribution is -0.678. The highest BCUT2D eigenvalue weighted by atomic mass is 19.1. The van der Waals surface area contributed by atoms with Crippen LogP contribution in [0.1, 0.15) is 16.1 Å². The number of halogens is 1. The van der Waals surface area contributed by atoms with E-state index < -0.39 is 17.7 Å². The van der Waals surface area contributed by atoms with Crippen LogP contribution in [-0.4, -0.2) is 23.1 Å². The van der Waals surface area contributed by atoms with Gasteiger partial charge in [0.25, 0.3) is 11.6 Å². The highest BCUT2D eigenvalue weighted by Gasteiger charge is 2.25. The van der Waals surface area contributed by atoms with Crippen LogP contribution in [0.15, 0.2) is 59.1 Å². The number of amides is 1. The van der Waals surface area contributed by atoms with Crippen molar-refractivity contribution in [3.8, 4) is 11.6 Å². The quantitative estimate of drug-likeness (QED) is 0.680. The molecular weight excluding hydrogens is 313 g/mol. The van der Waals surface area contributed by atoms with Crippen LogP contribution in [0.5, 0.6) is 5.95 Å². The number of carbonyl (C=O) groups excluding carboxylic acids is 1. The minimum atomic E-state index is -0.646. The summed E-state index contributed by atoms with van der Waals surface area (Å²) in [7, 11) is 1.48. The Bertz CT molecular complexity index is 865. The average molecular weight is 327 g/mol. The second-order valence-corrected chi connectivity index (χ2v) is 5.20. The standard InChI is InChI=1S/C17H14FN3O3/c1-20(16(22)13-9-5-6-10-14(13)18)11-15-17(23)24-19-21(15)12-7-3-2-4-8-12/h2-10H,11H2,1H3. The van der Waals surface area contributed by atoms with Crippen LogP contribution >= 0.6 is 0 Å². The molecule has 0 saturated heterocycles. The van der Waals surface area contributed by atoms with E-state index in [1.165, 1.54) is 34.8 Å². The molecule has 0 spiro atoms. The number of hydrogen-bond donors (Lipinski definition) is 0. The summed E-state index contributed by atoms with van der Waals surface area (Å²) >= 11 is 0. The minimum Gasteiger partial charge on any atom is -0.539 e. The van der Waals surface area contributed by atoms with Crippen molar-refractivity contribution in [2.75, 3.05) is 7.05 Å². The zero-order valence-corrected chi connectivity index (χ0v) is 12.8. The van der Waals surface area contributed by atoms with Gasteiger partial charge >= 0.3 is 0 Å². The molecule has 7 heteroatoms. The number of aromatic nitrogens is 2. The molecule has 0 aliphatic rings. The van der Waals surface area contributed by atoms with E-state index in [0.717, 1.165) is 0 Å². The van der Waals surface area contributed by atoms with Gasteiger partial charge in [-0.05, 0) is 16.8 Å². The molecule has 0 bridgehead atoms. The molecule has 2 aromatic carbocycles. The highest BCUT2D eigenvalue weighted by molar-refractivity contribution is 5.94. The normalized spacial score (nSPS) is 10.6. The molecule has 6 nitrogen and oxygen atoms in total. The number of benzene rings is 2.